The molecule has 2 fully saturated rings. The van der Waals surface area contributed by atoms with Crippen molar-refractivity contribution in [2.75, 3.05) is 18.8 Å². The Labute approximate surface area is 211 Å². The van der Waals surface area contributed by atoms with Crippen molar-refractivity contribution in [2.24, 2.45) is 0 Å². The van der Waals surface area contributed by atoms with Crippen molar-refractivity contribution in [1.82, 2.24) is 15.1 Å². The maximum absolute atomic E-state index is 13.0. The lowest BCUT2D eigenvalue weighted by Gasteiger charge is -2.39. The van der Waals surface area contributed by atoms with E-state index in [1.807, 2.05) is 0 Å². The highest BCUT2D eigenvalue weighted by molar-refractivity contribution is 6.06. The van der Waals surface area contributed by atoms with Gasteiger partial charge in [0.2, 0.25) is 11.8 Å². The van der Waals surface area contributed by atoms with Gasteiger partial charge in [0.1, 0.15) is 6.04 Å². The van der Waals surface area contributed by atoms with Crippen LogP contribution in [0.25, 0.3) is 0 Å². The van der Waals surface area contributed by atoms with Crippen LogP contribution in [0.3, 0.4) is 0 Å². The first-order valence-corrected chi connectivity index (χ1v) is 12.1. The molecule has 0 radical (unpaired) electrons. The van der Waals surface area contributed by atoms with Gasteiger partial charge in [-0.1, -0.05) is 18.2 Å². The molecule has 4 N–H and O–H groups in total. The third-order valence-electron chi connectivity index (χ3n) is 7.64. The number of rotatable bonds is 4. The summed E-state index contributed by atoms with van der Waals surface area (Å²) in [6, 6.07) is 7.60. The first-order valence-electron chi connectivity index (χ1n) is 12.1. The summed E-state index contributed by atoms with van der Waals surface area (Å²) in [4.78, 5) is 40.3. The number of likely N-dealkylation sites (tertiary alicyclic amines) is 1. The summed E-state index contributed by atoms with van der Waals surface area (Å²) in [7, 11) is 0. The first-order chi connectivity index (χ1) is 17.5. The van der Waals surface area contributed by atoms with Crippen molar-refractivity contribution in [3.05, 3.63) is 64.2 Å². The van der Waals surface area contributed by atoms with E-state index in [1.165, 1.54) is 17.0 Å². The Morgan fingerprint density at radius 3 is 2.35 bits per heavy atom. The van der Waals surface area contributed by atoms with Crippen LogP contribution in [0.15, 0.2) is 36.4 Å². The molecular formula is C26H27F3N4O4. The first kappa shape index (κ1) is 25.2. The monoisotopic (exact) mass is 516 g/mol. The van der Waals surface area contributed by atoms with E-state index in [-0.39, 0.29) is 31.2 Å². The summed E-state index contributed by atoms with van der Waals surface area (Å²) in [5.41, 5.74) is 7.10. The van der Waals surface area contributed by atoms with E-state index in [1.54, 1.807) is 12.1 Å². The number of alkyl halides is 3. The molecule has 37 heavy (non-hydrogen) atoms. The Kier molecular flexibility index (Phi) is 6.23. The number of hydrogen-bond donors (Lipinski definition) is 3. The highest BCUT2D eigenvalue weighted by atomic mass is 19.4. The van der Waals surface area contributed by atoms with E-state index >= 15 is 0 Å². The molecule has 196 valence electrons. The molecule has 1 unspecified atom stereocenters. The molecule has 0 bridgehead atoms. The number of nitrogens with two attached hydrogens (primary N) is 1. The molecule has 3 aliphatic heterocycles. The molecule has 1 atom stereocenters. The molecule has 2 saturated heterocycles. The smallest absolute Gasteiger partial charge is 0.398 e. The van der Waals surface area contributed by atoms with Gasteiger partial charge < -0.3 is 15.7 Å². The number of amides is 3. The number of carbonyl (C=O) groups excluding carboxylic acids is 3. The fourth-order valence-corrected chi connectivity index (χ4v) is 5.48. The summed E-state index contributed by atoms with van der Waals surface area (Å²) >= 11 is 0. The normalized spacial score (nSPS) is 22.2. The van der Waals surface area contributed by atoms with Crippen LogP contribution < -0.4 is 11.1 Å². The average Bonchev–Trinajstić information content (AvgIpc) is 3.18. The molecule has 0 spiro atoms. The van der Waals surface area contributed by atoms with Crippen molar-refractivity contribution in [3.8, 4) is 0 Å². The predicted molar refractivity (Wildman–Crippen MR) is 127 cm³/mol. The third kappa shape index (κ3) is 4.69. The molecule has 3 aliphatic rings. The molecule has 0 aliphatic carbocycles. The molecule has 0 saturated carbocycles. The van der Waals surface area contributed by atoms with Gasteiger partial charge in [0, 0.05) is 55.0 Å². The van der Waals surface area contributed by atoms with Crippen molar-refractivity contribution < 1.29 is 32.7 Å². The number of fused-ring (bicyclic) bond motifs is 1. The number of hydrogen-bond acceptors (Lipinski definition) is 6. The molecule has 11 heteroatoms. The minimum absolute atomic E-state index is 0.121. The van der Waals surface area contributed by atoms with Gasteiger partial charge in [-0.05, 0) is 43.0 Å². The van der Waals surface area contributed by atoms with Crippen molar-refractivity contribution >= 4 is 23.4 Å². The SMILES string of the molecule is Nc1c(C2(O)CCN(Cc3ccc(C(F)(F)F)cc3)CC2)ccc2c1CN(C1CCC(=O)NC1=O)C2=O. The summed E-state index contributed by atoms with van der Waals surface area (Å²) in [6.07, 6.45) is -3.25. The Morgan fingerprint density at radius 1 is 1.05 bits per heavy atom. The van der Waals surface area contributed by atoms with Gasteiger partial charge in [-0.25, -0.2) is 0 Å². The van der Waals surface area contributed by atoms with Gasteiger partial charge >= 0.3 is 6.18 Å². The molecule has 0 aromatic heterocycles. The van der Waals surface area contributed by atoms with Gasteiger partial charge in [0.05, 0.1) is 11.2 Å². The van der Waals surface area contributed by atoms with Crippen LogP contribution in [0.1, 0.15) is 58.3 Å². The lowest BCUT2D eigenvalue weighted by atomic mass is 9.82. The lowest BCUT2D eigenvalue weighted by Crippen LogP contribution is -2.52. The highest BCUT2D eigenvalue weighted by Gasteiger charge is 2.42. The van der Waals surface area contributed by atoms with E-state index in [9.17, 15) is 32.7 Å². The standard InChI is InChI=1S/C26H27F3N4O4/c27-26(28,29)16-3-1-15(2-4-16)13-32-11-9-25(37,10-12-32)19-6-5-17-18(22(19)30)14-33(24(17)36)20-7-8-21(34)31-23(20)35/h1-6,20,37H,7-14,30H2,(H,31,34,35). The van der Waals surface area contributed by atoms with Crippen LogP contribution in [0.4, 0.5) is 18.9 Å². The third-order valence-corrected chi connectivity index (χ3v) is 7.64. The zero-order valence-corrected chi connectivity index (χ0v) is 20.0. The fraction of sp³-hybridized carbons (Fsp3) is 0.423. The number of anilines is 1. The van der Waals surface area contributed by atoms with E-state index in [4.69, 9.17) is 5.73 Å². The summed E-state index contributed by atoms with van der Waals surface area (Å²) < 4.78 is 38.4. The number of nitrogens with zero attached hydrogens (tertiary/aromatic N) is 2. The molecule has 2 aromatic carbocycles. The van der Waals surface area contributed by atoms with Gasteiger partial charge in [-0.15, -0.1) is 0 Å². The average molecular weight is 517 g/mol. The van der Waals surface area contributed by atoms with Crippen LogP contribution >= 0.6 is 0 Å². The zero-order chi connectivity index (χ0) is 26.5. The van der Waals surface area contributed by atoms with Crippen molar-refractivity contribution in [2.45, 2.75) is 56.6 Å². The van der Waals surface area contributed by atoms with Crippen molar-refractivity contribution in [1.29, 1.82) is 0 Å². The van der Waals surface area contributed by atoms with E-state index in [0.29, 0.717) is 54.9 Å². The quantitative estimate of drug-likeness (QED) is 0.425. The Hall–Kier alpha value is -3.44. The summed E-state index contributed by atoms with van der Waals surface area (Å²) in [5, 5.41) is 13.8. The maximum Gasteiger partial charge on any atom is 0.416 e. The second-order valence-corrected chi connectivity index (χ2v) is 9.96. The largest absolute Gasteiger partial charge is 0.416 e. The summed E-state index contributed by atoms with van der Waals surface area (Å²) in [6.45, 7) is 1.60. The van der Waals surface area contributed by atoms with E-state index in [2.05, 4.69) is 10.2 Å². The van der Waals surface area contributed by atoms with Crippen LogP contribution in [-0.2, 0) is 34.5 Å². The molecule has 5 rings (SSSR count). The molecular weight excluding hydrogens is 489 g/mol. The summed E-state index contributed by atoms with van der Waals surface area (Å²) in [5.74, 6) is -1.20. The number of carbonyl (C=O) groups is 3. The number of nitrogen functional groups attached to an aromatic ring is 1. The number of halogens is 3. The van der Waals surface area contributed by atoms with Gasteiger partial charge in [-0.3, -0.25) is 24.6 Å². The minimum atomic E-state index is -4.38. The maximum atomic E-state index is 13.0. The molecule has 3 heterocycles. The van der Waals surface area contributed by atoms with Crippen LogP contribution in [0, 0.1) is 0 Å². The molecule has 8 nitrogen and oxygen atoms in total. The lowest BCUT2D eigenvalue weighted by molar-refractivity contribution is -0.138. The Bertz CT molecular complexity index is 1250. The van der Waals surface area contributed by atoms with Crippen molar-refractivity contribution in [3.63, 3.8) is 0 Å². The second-order valence-electron chi connectivity index (χ2n) is 9.96. The topological polar surface area (TPSA) is 116 Å². The second kappa shape index (κ2) is 9.14. The molecule has 2 aromatic rings. The number of nitrogens with one attached hydrogen (secondary N) is 1. The number of benzene rings is 2. The number of imide groups is 1. The highest BCUT2D eigenvalue weighted by Crippen LogP contribution is 2.41. The zero-order valence-electron chi connectivity index (χ0n) is 20.0. The number of piperidine rings is 2. The Morgan fingerprint density at radius 2 is 1.73 bits per heavy atom. The van der Waals surface area contributed by atoms with Gasteiger partial charge in [0.15, 0.2) is 0 Å². The minimum Gasteiger partial charge on any atom is -0.398 e. The van der Waals surface area contributed by atoms with Gasteiger partial charge in [0.25, 0.3) is 5.91 Å². The Balaban J connectivity index is 1.27. The predicted octanol–water partition coefficient (Wildman–Crippen LogP) is 2.53. The molecule has 3 amide bonds. The van der Waals surface area contributed by atoms with Crippen LogP contribution in [0.5, 0.6) is 0 Å². The van der Waals surface area contributed by atoms with Gasteiger partial charge in [-0.2, -0.15) is 13.2 Å². The number of aliphatic hydroxyl groups is 1. The van der Waals surface area contributed by atoms with Crippen LogP contribution in [0.2, 0.25) is 0 Å². The fourth-order valence-electron chi connectivity index (χ4n) is 5.48. The van der Waals surface area contributed by atoms with Crippen LogP contribution in [-0.4, -0.2) is 51.8 Å². The van der Waals surface area contributed by atoms with E-state index < -0.39 is 29.3 Å². The van der Waals surface area contributed by atoms with E-state index in [0.717, 1.165) is 17.7 Å².